The van der Waals surface area contributed by atoms with E-state index in [1.54, 1.807) is 43.5 Å². The van der Waals surface area contributed by atoms with Gasteiger partial charge in [-0.2, -0.15) is 4.98 Å². The van der Waals surface area contributed by atoms with Crippen LogP contribution in [0.15, 0.2) is 24.4 Å². The van der Waals surface area contributed by atoms with Crippen molar-refractivity contribution in [2.24, 2.45) is 11.3 Å². The van der Waals surface area contributed by atoms with Crippen molar-refractivity contribution in [3.05, 3.63) is 30.0 Å². The van der Waals surface area contributed by atoms with Gasteiger partial charge in [-0.1, -0.05) is 12.8 Å². The van der Waals surface area contributed by atoms with E-state index in [4.69, 9.17) is 9.72 Å². The van der Waals surface area contributed by atoms with Gasteiger partial charge in [0.2, 0.25) is 11.9 Å². The van der Waals surface area contributed by atoms with Crippen molar-refractivity contribution in [2.45, 2.75) is 70.9 Å². The van der Waals surface area contributed by atoms with Crippen LogP contribution in [0.25, 0.3) is 0 Å². The Morgan fingerprint density at radius 2 is 1.97 bits per heavy atom. The van der Waals surface area contributed by atoms with Crippen molar-refractivity contribution in [1.29, 1.82) is 0 Å². The minimum absolute atomic E-state index is 0.0496. The highest BCUT2D eigenvalue weighted by molar-refractivity contribution is 6.01. The predicted octanol–water partition coefficient (Wildman–Crippen LogP) is 3.87. The largest absolute Gasteiger partial charge is 0.495 e. The van der Waals surface area contributed by atoms with Crippen LogP contribution in [0.3, 0.4) is 0 Å². The number of aliphatic hydroxyl groups excluding tert-OH is 1. The molecule has 1 aromatic heterocycles. The quantitative estimate of drug-likeness (QED) is 0.488. The number of carbonyl (C=O) groups excluding carboxylic acids is 2. The fourth-order valence-electron chi connectivity index (χ4n) is 6.22. The molecule has 2 aromatic rings. The molecule has 2 atom stereocenters. The van der Waals surface area contributed by atoms with E-state index in [1.807, 2.05) is 13.8 Å². The van der Waals surface area contributed by atoms with Crippen LogP contribution in [0.4, 0.5) is 23.1 Å². The van der Waals surface area contributed by atoms with Crippen LogP contribution in [0.2, 0.25) is 0 Å². The maximum absolute atomic E-state index is 13.2. The van der Waals surface area contributed by atoms with Crippen molar-refractivity contribution < 1.29 is 19.4 Å². The van der Waals surface area contributed by atoms with E-state index in [0.717, 1.165) is 37.9 Å². The molecule has 5 rings (SSSR count). The Kier molecular flexibility index (Phi) is 7.66. The molecule has 3 aliphatic rings. The average molecular weight is 537 g/mol. The SMILES string of the molecule is COc1cc(C(=O)N[C@@H]2CC[C@@H](CO)C2)ccc1Nc1ncc2c(n1)N(C1CCCC1)CC(C)(C)C(=O)N2C. The summed E-state index contributed by atoms with van der Waals surface area (Å²) < 4.78 is 5.61. The van der Waals surface area contributed by atoms with Crippen LogP contribution in [-0.4, -0.2) is 66.3 Å². The lowest BCUT2D eigenvalue weighted by atomic mass is 9.91. The van der Waals surface area contributed by atoms with Crippen molar-refractivity contribution >= 4 is 35.0 Å². The van der Waals surface area contributed by atoms with Crippen LogP contribution < -0.4 is 25.2 Å². The van der Waals surface area contributed by atoms with Gasteiger partial charge in [0.1, 0.15) is 11.4 Å². The molecule has 39 heavy (non-hydrogen) atoms. The fraction of sp³-hybridized carbons (Fsp3) is 0.586. The van der Waals surface area contributed by atoms with Crippen LogP contribution in [0, 0.1) is 11.3 Å². The Balaban J connectivity index is 1.39. The summed E-state index contributed by atoms with van der Waals surface area (Å²) in [6.07, 6.45) is 8.82. The number of benzene rings is 1. The van der Waals surface area contributed by atoms with E-state index in [0.29, 0.717) is 41.2 Å². The van der Waals surface area contributed by atoms with Gasteiger partial charge in [-0.25, -0.2) is 4.98 Å². The number of methoxy groups -OCH3 is 1. The lowest BCUT2D eigenvalue weighted by Gasteiger charge is -2.34. The number of fused-ring (bicyclic) bond motifs is 1. The molecule has 10 heteroatoms. The Morgan fingerprint density at radius 3 is 2.67 bits per heavy atom. The molecule has 2 saturated carbocycles. The molecule has 2 aliphatic carbocycles. The monoisotopic (exact) mass is 536 g/mol. The van der Waals surface area contributed by atoms with E-state index in [9.17, 15) is 14.7 Å². The molecule has 10 nitrogen and oxygen atoms in total. The first-order valence-corrected chi connectivity index (χ1v) is 14.0. The van der Waals surface area contributed by atoms with Crippen LogP contribution in [-0.2, 0) is 4.79 Å². The number of anilines is 4. The fourth-order valence-corrected chi connectivity index (χ4v) is 6.22. The Hall–Kier alpha value is -3.40. The Morgan fingerprint density at radius 1 is 1.21 bits per heavy atom. The molecule has 0 saturated heterocycles. The third-order valence-electron chi connectivity index (χ3n) is 8.44. The number of carbonyl (C=O) groups is 2. The molecule has 0 radical (unpaired) electrons. The summed E-state index contributed by atoms with van der Waals surface area (Å²) in [5.41, 5.74) is 1.30. The van der Waals surface area contributed by atoms with Gasteiger partial charge in [-0.3, -0.25) is 9.59 Å². The molecule has 210 valence electrons. The topological polar surface area (TPSA) is 120 Å². The number of aliphatic hydroxyl groups is 1. The molecule has 0 bridgehead atoms. The van der Waals surface area contributed by atoms with Gasteiger partial charge >= 0.3 is 0 Å². The van der Waals surface area contributed by atoms with E-state index >= 15 is 0 Å². The Labute approximate surface area is 230 Å². The number of hydrogen-bond acceptors (Lipinski definition) is 8. The highest BCUT2D eigenvalue weighted by Crippen LogP contribution is 2.40. The minimum Gasteiger partial charge on any atom is -0.495 e. The molecular weight excluding hydrogens is 496 g/mol. The summed E-state index contributed by atoms with van der Waals surface area (Å²) in [6.45, 7) is 4.74. The summed E-state index contributed by atoms with van der Waals surface area (Å²) in [5, 5.41) is 15.7. The standard InChI is InChI=1S/C29H40N6O4/c1-29(2)17-35(21-7-5-6-8-21)25-23(34(3)27(29)38)15-30-28(33-25)32-22-12-10-19(14-24(22)39-4)26(37)31-20-11-9-18(13-20)16-36/h10,12,14-15,18,20-21,36H,5-9,11,13,16-17H2,1-4H3,(H,31,37)(H,30,32,33)/t18-,20-/m1/s1. The van der Waals surface area contributed by atoms with Crippen molar-refractivity contribution in [3.63, 3.8) is 0 Å². The van der Waals surface area contributed by atoms with Gasteiger partial charge in [0.05, 0.1) is 24.4 Å². The third-order valence-corrected chi connectivity index (χ3v) is 8.44. The second-order valence-electron chi connectivity index (χ2n) is 11.8. The van der Waals surface area contributed by atoms with Gasteiger partial charge in [0.15, 0.2) is 5.82 Å². The molecule has 2 heterocycles. The maximum atomic E-state index is 13.2. The van der Waals surface area contributed by atoms with Gasteiger partial charge in [-0.05, 0) is 70.1 Å². The first-order valence-electron chi connectivity index (χ1n) is 14.0. The predicted molar refractivity (Wildman–Crippen MR) is 151 cm³/mol. The second kappa shape index (κ2) is 11.0. The number of nitrogens with one attached hydrogen (secondary N) is 2. The van der Waals surface area contributed by atoms with Gasteiger partial charge in [0, 0.05) is 37.8 Å². The number of rotatable bonds is 7. The first kappa shape index (κ1) is 27.2. The minimum atomic E-state index is -0.553. The lowest BCUT2D eigenvalue weighted by molar-refractivity contribution is -0.125. The van der Waals surface area contributed by atoms with Crippen molar-refractivity contribution in [3.8, 4) is 5.75 Å². The number of amides is 2. The zero-order chi connectivity index (χ0) is 27.7. The zero-order valence-corrected chi connectivity index (χ0v) is 23.4. The van der Waals surface area contributed by atoms with Gasteiger partial charge in [0.25, 0.3) is 5.91 Å². The van der Waals surface area contributed by atoms with Crippen molar-refractivity contribution in [1.82, 2.24) is 15.3 Å². The lowest BCUT2D eigenvalue weighted by Crippen LogP contribution is -2.45. The summed E-state index contributed by atoms with van der Waals surface area (Å²) in [4.78, 5) is 39.6. The molecule has 3 N–H and O–H groups in total. The Bertz CT molecular complexity index is 1230. The normalized spacial score (nSPS) is 22.9. The summed E-state index contributed by atoms with van der Waals surface area (Å²) >= 11 is 0. The molecule has 0 spiro atoms. The summed E-state index contributed by atoms with van der Waals surface area (Å²) in [5.74, 6) is 1.80. The van der Waals surface area contributed by atoms with E-state index in [1.165, 1.54) is 12.8 Å². The number of ether oxygens (including phenoxy) is 1. The summed E-state index contributed by atoms with van der Waals surface area (Å²) in [6, 6.07) is 5.66. The highest BCUT2D eigenvalue weighted by atomic mass is 16.5. The van der Waals surface area contributed by atoms with Crippen LogP contribution in [0.1, 0.15) is 69.2 Å². The zero-order valence-electron chi connectivity index (χ0n) is 23.4. The molecule has 0 unspecified atom stereocenters. The molecule has 2 amide bonds. The molecule has 2 fully saturated rings. The average Bonchev–Trinajstić information content (AvgIpc) is 3.62. The van der Waals surface area contributed by atoms with Crippen LogP contribution >= 0.6 is 0 Å². The second-order valence-corrected chi connectivity index (χ2v) is 11.8. The van der Waals surface area contributed by atoms with Crippen LogP contribution in [0.5, 0.6) is 5.75 Å². The number of nitrogens with zero attached hydrogens (tertiary/aromatic N) is 4. The molecular formula is C29H40N6O4. The third kappa shape index (κ3) is 5.52. The van der Waals surface area contributed by atoms with E-state index in [-0.39, 0.29) is 30.4 Å². The van der Waals surface area contributed by atoms with E-state index < -0.39 is 5.41 Å². The molecule has 1 aliphatic heterocycles. The number of aromatic nitrogens is 2. The molecule has 1 aromatic carbocycles. The van der Waals surface area contributed by atoms with E-state index in [2.05, 4.69) is 20.5 Å². The highest BCUT2D eigenvalue weighted by Gasteiger charge is 2.41. The summed E-state index contributed by atoms with van der Waals surface area (Å²) in [7, 11) is 3.35. The van der Waals surface area contributed by atoms with Crippen molar-refractivity contribution in [2.75, 3.05) is 42.4 Å². The first-order chi connectivity index (χ1) is 18.7. The van der Waals surface area contributed by atoms with Gasteiger partial charge < -0.3 is 30.3 Å². The smallest absolute Gasteiger partial charge is 0.251 e. The van der Waals surface area contributed by atoms with Gasteiger partial charge in [-0.15, -0.1) is 0 Å². The number of hydrogen-bond donors (Lipinski definition) is 3. The maximum Gasteiger partial charge on any atom is 0.251 e.